The van der Waals surface area contributed by atoms with Crippen LogP contribution in [0.1, 0.15) is 32.1 Å². The summed E-state index contributed by atoms with van der Waals surface area (Å²) in [6, 6.07) is 6.80. The van der Waals surface area contributed by atoms with Crippen LogP contribution >= 0.6 is 11.6 Å². The number of nitrogens with one attached hydrogen (secondary N) is 1. The van der Waals surface area contributed by atoms with Gasteiger partial charge in [-0.3, -0.25) is 19.2 Å². The third-order valence-electron chi connectivity index (χ3n) is 5.67. The topological polar surface area (TPSA) is 92.8 Å². The van der Waals surface area contributed by atoms with Gasteiger partial charge in [0.05, 0.1) is 23.2 Å². The molecule has 7 nitrogen and oxygen atoms in total. The Morgan fingerprint density at radius 1 is 1.17 bits per heavy atom. The van der Waals surface area contributed by atoms with Gasteiger partial charge in [0.1, 0.15) is 5.78 Å². The molecule has 3 rings (SSSR count). The van der Waals surface area contributed by atoms with Crippen molar-refractivity contribution in [3.63, 3.8) is 0 Å². The highest BCUT2D eigenvalue weighted by Gasteiger charge is 2.41. The van der Waals surface area contributed by atoms with Crippen LogP contribution in [0.4, 0.5) is 5.69 Å². The molecule has 29 heavy (non-hydrogen) atoms. The molecule has 2 aliphatic rings. The van der Waals surface area contributed by atoms with E-state index in [1.165, 1.54) is 11.9 Å². The summed E-state index contributed by atoms with van der Waals surface area (Å²) in [6.07, 6.45) is 3.72. The molecule has 2 fully saturated rings. The Labute approximate surface area is 174 Å². The number of para-hydroxylation sites is 1. The van der Waals surface area contributed by atoms with E-state index in [-0.39, 0.29) is 30.1 Å². The monoisotopic (exact) mass is 420 g/mol. The molecule has 0 aliphatic heterocycles. The van der Waals surface area contributed by atoms with E-state index in [4.69, 9.17) is 16.3 Å². The number of halogens is 1. The summed E-state index contributed by atoms with van der Waals surface area (Å²) in [7, 11) is 1.46. The Morgan fingerprint density at radius 2 is 1.83 bits per heavy atom. The fraction of sp³-hybridized carbons (Fsp3) is 0.524. The van der Waals surface area contributed by atoms with Crippen molar-refractivity contribution < 1.29 is 23.9 Å². The third kappa shape index (κ3) is 5.35. The SMILES string of the molecule is CN(CC(=O)Nc1ccccc1Cl)C(=O)COC(=O)C1CC2CCCC(C1)C2=O. The number of anilines is 1. The number of hydrogen-bond donors (Lipinski definition) is 1. The number of likely N-dealkylation sites (N-methyl/N-ethyl adjacent to an activating group) is 1. The number of amides is 2. The Kier molecular flexibility index (Phi) is 6.90. The van der Waals surface area contributed by atoms with Gasteiger partial charge < -0.3 is 15.0 Å². The molecule has 2 saturated carbocycles. The number of benzene rings is 1. The van der Waals surface area contributed by atoms with E-state index in [0.29, 0.717) is 23.6 Å². The lowest BCUT2D eigenvalue weighted by atomic mass is 9.67. The highest BCUT2D eigenvalue weighted by molar-refractivity contribution is 6.33. The molecule has 0 heterocycles. The van der Waals surface area contributed by atoms with Crippen molar-refractivity contribution in [1.29, 1.82) is 0 Å². The van der Waals surface area contributed by atoms with Crippen molar-refractivity contribution >= 4 is 40.9 Å². The van der Waals surface area contributed by atoms with Gasteiger partial charge in [-0.05, 0) is 37.8 Å². The molecule has 0 aromatic heterocycles. The smallest absolute Gasteiger partial charge is 0.309 e. The van der Waals surface area contributed by atoms with Crippen molar-refractivity contribution in [3.05, 3.63) is 29.3 Å². The van der Waals surface area contributed by atoms with E-state index in [9.17, 15) is 19.2 Å². The maximum absolute atomic E-state index is 12.4. The highest BCUT2D eigenvalue weighted by atomic mass is 35.5. The lowest BCUT2D eigenvalue weighted by Crippen LogP contribution is -2.41. The fourth-order valence-electron chi connectivity index (χ4n) is 4.09. The quantitative estimate of drug-likeness (QED) is 0.714. The van der Waals surface area contributed by atoms with Crippen LogP contribution in [0.25, 0.3) is 0 Å². The molecule has 2 bridgehead atoms. The van der Waals surface area contributed by atoms with Crippen LogP contribution in [0.2, 0.25) is 5.02 Å². The Bertz CT molecular complexity index is 796. The molecular formula is C21H25ClN2O5. The second-order valence-electron chi connectivity index (χ2n) is 7.78. The van der Waals surface area contributed by atoms with Gasteiger partial charge in [-0.1, -0.05) is 30.2 Å². The molecule has 1 aromatic carbocycles. The first-order valence-electron chi connectivity index (χ1n) is 9.84. The second kappa shape index (κ2) is 9.39. The molecule has 8 heteroatoms. The first kappa shape index (κ1) is 21.3. The molecule has 2 aliphatic carbocycles. The number of ketones is 1. The normalized spacial score (nSPS) is 23.2. The van der Waals surface area contributed by atoms with E-state index >= 15 is 0 Å². The second-order valence-corrected chi connectivity index (χ2v) is 8.19. The van der Waals surface area contributed by atoms with Gasteiger partial charge in [0.15, 0.2) is 6.61 Å². The van der Waals surface area contributed by atoms with Gasteiger partial charge in [0.2, 0.25) is 5.91 Å². The summed E-state index contributed by atoms with van der Waals surface area (Å²) >= 11 is 6.00. The van der Waals surface area contributed by atoms with E-state index < -0.39 is 24.4 Å². The van der Waals surface area contributed by atoms with Crippen LogP contribution in [0.5, 0.6) is 0 Å². The maximum atomic E-state index is 12.4. The van der Waals surface area contributed by atoms with Crippen molar-refractivity contribution in [2.24, 2.45) is 17.8 Å². The number of ether oxygens (including phenoxy) is 1. The predicted octanol–water partition coefficient (Wildman–Crippen LogP) is 2.68. The summed E-state index contributed by atoms with van der Waals surface area (Å²) in [5, 5.41) is 3.04. The summed E-state index contributed by atoms with van der Waals surface area (Å²) in [4.78, 5) is 50.0. The van der Waals surface area contributed by atoms with E-state index in [1.54, 1.807) is 24.3 Å². The highest BCUT2D eigenvalue weighted by Crippen LogP contribution is 2.40. The molecule has 0 radical (unpaired) electrons. The van der Waals surface area contributed by atoms with Gasteiger partial charge in [0.25, 0.3) is 5.91 Å². The Balaban J connectivity index is 1.44. The van der Waals surface area contributed by atoms with Crippen molar-refractivity contribution in [3.8, 4) is 0 Å². The lowest BCUT2D eigenvalue weighted by Gasteiger charge is -2.36. The predicted molar refractivity (Wildman–Crippen MR) is 107 cm³/mol. The van der Waals surface area contributed by atoms with Crippen LogP contribution in [0.15, 0.2) is 24.3 Å². The first-order chi connectivity index (χ1) is 13.8. The van der Waals surface area contributed by atoms with Crippen LogP contribution < -0.4 is 5.32 Å². The zero-order valence-corrected chi connectivity index (χ0v) is 17.1. The number of carbonyl (C=O) groups is 4. The van der Waals surface area contributed by atoms with Crippen LogP contribution in [-0.2, 0) is 23.9 Å². The number of hydrogen-bond acceptors (Lipinski definition) is 5. The minimum atomic E-state index is -0.472. The van der Waals surface area contributed by atoms with Gasteiger partial charge in [-0.25, -0.2) is 0 Å². The Hall–Kier alpha value is -2.41. The van der Waals surface area contributed by atoms with E-state index in [1.807, 2.05) is 0 Å². The molecule has 2 unspecified atom stereocenters. The third-order valence-corrected chi connectivity index (χ3v) is 6.00. The number of Topliss-reactive ketones (excluding diaryl/α,β-unsaturated/α-hetero) is 1. The van der Waals surface area contributed by atoms with Crippen LogP contribution in [0.3, 0.4) is 0 Å². The molecular weight excluding hydrogens is 396 g/mol. The average molecular weight is 421 g/mol. The molecule has 1 aromatic rings. The van der Waals surface area contributed by atoms with Gasteiger partial charge in [-0.2, -0.15) is 0 Å². The summed E-state index contributed by atoms with van der Waals surface area (Å²) in [5.41, 5.74) is 0.462. The van der Waals surface area contributed by atoms with Crippen molar-refractivity contribution in [1.82, 2.24) is 4.90 Å². The van der Waals surface area contributed by atoms with Crippen LogP contribution in [-0.4, -0.2) is 48.7 Å². The summed E-state index contributed by atoms with van der Waals surface area (Å²) in [6.45, 7) is -0.613. The number of fused-ring (bicyclic) bond motifs is 2. The summed E-state index contributed by atoms with van der Waals surface area (Å²) in [5.74, 6) is -1.46. The molecule has 0 spiro atoms. The number of nitrogens with zero attached hydrogens (tertiary/aromatic N) is 1. The van der Waals surface area contributed by atoms with E-state index in [0.717, 1.165) is 19.3 Å². The first-order valence-corrected chi connectivity index (χ1v) is 10.2. The lowest BCUT2D eigenvalue weighted by molar-refractivity contribution is -0.158. The van der Waals surface area contributed by atoms with Crippen LogP contribution in [0, 0.1) is 17.8 Å². The zero-order chi connectivity index (χ0) is 21.0. The molecule has 156 valence electrons. The van der Waals surface area contributed by atoms with Gasteiger partial charge >= 0.3 is 5.97 Å². The van der Waals surface area contributed by atoms with Gasteiger partial charge in [-0.15, -0.1) is 0 Å². The van der Waals surface area contributed by atoms with Crippen molar-refractivity contribution in [2.45, 2.75) is 32.1 Å². The maximum Gasteiger partial charge on any atom is 0.309 e. The zero-order valence-electron chi connectivity index (χ0n) is 16.4. The number of carbonyl (C=O) groups excluding carboxylic acids is 4. The van der Waals surface area contributed by atoms with E-state index in [2.05, 4.69) is 5.32 Å². The standard InChI is InChI=1S/C21H25ClN2O5/c1-24(11-18(25)23-17-8-3-2-7-16(17)22)19(26)12-29-21(28)15-9-13-5-4-6-14(10-15)20(13)27/h2-3,7-8,13-15H,4-6,9-12H2,1H3,(H,23,25). The molecule has 2 atom stereocenters. The molecule has 0 saturated heterocycles. The minimum absolute atomic E-state index is 0.0491. The van der Waals surface area contributed by atoms with Gasteiger partial charge in [0, 0.05) is 18.9 Å². The number of rotatable bonds is 6. The summed E-state index contributed by atoms with van der Waals surface area (Å²) < 4.78 is 5.19. The average Bonchev–Trinajstić information content (AvgIpc) is 2.67. The molecule has 2 amide bonds. The van der Waals surface area contributed by atoms with Crippen molar-refractivity contribution in [2.75, 3.05) is 25.5 Å². The Morgan fingerprint density at radius 3 is 2.48 bits per heavy atom. The minimum Gasteiger partial charge on any atom is -0.455 e. The number of esters is 1. The fourth-order valence-corrected chi connectivity index (χ4v) is 4.27. The molecule has 1 N–H and O–H groups in total. The largest absolute Gasteiger partial charge is 0.455 e.